The van der Waals surface area contributed by atoms with Crippen LogP contribution in [-0.4, -0.2) is 44.2 Å². The van der Waals surface area contributed by atoms with Gasteiger partial charge in [-0.1, -0.05) is 0 Å². The molecule has 0 N–H and O–H groups in total. The zero-order chi connectivity index (χ0) is 22.5. The van der Waals surface area contributed by atoms with Crippen molar-refractivity contribution >= 4 is 11.7 Å². The molecule has 3 heterocycles. The number of hydrogen-bond acceptors (Lipinski definition) is 8. The zero-order valence-corrected chi connectivity index (χ0v) is 17.6. The minimum Gasteiger partial charge on any atom is -0.479 e. The van der Waals surface area contributed by atoms with Gasteiger partial charge in [-0.3, -0.25) is 9.69 Å². The maximum Gasteiger partial charge on any atom is 0.373 e. The Bertz CT molecular complexity index is 1120. The Hall–Kier alpha value is -3.59. The van der Waals surface area contributed by atoms with Crippen LogP contribution < -0.4 is 15.1 Å². The minimum atomic E-state index is -0.585. The SMILES string of the molecule is COC(=O)c1ccc(COc2coc(CN3CCN(c4ccc(F)cc4)CC3)cc2=O)o1. The van der Waals surface area contributed by atoms with Gasteiger partial charge in [0.2, 0.25) is 16.9 Å². The van der Waals surface area contributed by atoms with Crippen LogP contribution in [0.25, 0.3) is 0 Å². The molecular weight excluding hydrogens is 419 g/mol. The van der Waals surface area contributed by atoms with Crippen LogP contribution in [0.1, 0.15) is 22.1 Å². The van der Waals surface area contributed by atoms with E-state index in [9.17, 15) is 14.0 Å². The van der Waals surface area contributed by atoms with Crippen molar-refractivity contribution in [2.75, 3.05) is 38.2 Å². The molecule has 0 aliphatic carbocycles. The maximum absolute atomic E-state index is 13.1. The van der Waals surface area contributed by atoms with Crippen LogP contribution in [0.15, 0.2) is 62.4 Å². The molecule has 1 fully saturated rings. The summed E-state index contributed by atoms with van der Waals surface area (Å²) in [5.41, 5.74) is 0.699. The lowest BCUT2D eigenvalue weighted by Crippen LogP contribution is -2.46. The average Bonchev–Trinajstić information content (AvgIpc) is 3.28. The topological polar surface area (TPSA) is 85.4 Å². The van der Waals surface area contributed by atoms with E-state index < -0.39 is 5.97 Å². The number of benzene rings is 1. The van der Waals surface area contributed by atoms with Crippen LogP contribution in [0, 0.1) is 5.82 Å². The summed E-state index contributed by atoms with van der Waals surface area (Å²) in [6.45, 7) is 3.67. The van der Waals surface area contributed by atoms with Gasteiger partial charge in [0.15, 0.2) is 0 Å². The molecule has 3 aromatic rings. The third-order valence-electron chi connectivity index (χ3n) is 5.21. The quantitative estimate of drug-likeness (QED) is 0.516. The van der Waals surface area contributed by atoms with Gasteiger partial charge in [0.05, 0.1) is 13.7 Å². The Kier molecular flexibility index (Phi) is 6.55. The molecule has 9 heteroatoms. The van der Waals surface area contributed by atoms with Crippen LogP contribution in [0.5, 0.6) is 5.75 Å². The molecule has 1 saturated heterocycles. The second-order valence-electron chi connectivity index (χ2n) is 7.36. The highest BCUT2D eigenvalue weighted by Gasteiger charge is 2.19. The number of hydrogen-bond donors (Lipinski definition) is 0. The molecule has 0 atom stereocenters. The van der Waals surface area contributed by atoms with Crippen LogP contribution >= 0.6 is 0 Å². The van der Waals surface area contributed by atoms with Crippen molar-refractivity contribution in [3.8, 4) is 5.75 Å². The van der Waals surface area contributed by atoms with Gasteiger partial charge in [-0.25, -0.2) is 9.18 Å². The number of nitrogens with zero attached hydrogens (tertiary/aromatic N) is 2. The molecule has 2 aromatic heterocycles. The lowest BCUT2D eigenvalue weighted by molar-refractivity contribution is 0.0561. The van der Waals surface area contributed by atoms with Crippen LogP contribution in [0.4, 0.5) is 10.1 Å². The predicted octanol–water partition coefficient (Wildman–Crippen LogP) is 3.06. The van der Waals surface area contributed by atoms with Crippen molar-refractivity contribution in [2.24, 2.45) is 0 Å². The fourth-order valence-electron chi connectivity index (χ4n) is 3.48. The minimum absolute atomic E-state index is 0.0214. The molecule has 0 spiro atoms. The number of esters is 1. The average molecular weight is 442 g/mol. The molecule has 0 bridgehead atoms. The maximum atomic E-state index is 13.1. The highest BCUT2D eigenvalue weighted by atomic mass is 19.1. The summed E-state index contributed by atoms with van der Waals surface area (Å²) >= 11 is 0. The molecule has 0 amide bonds. The fourth-order valence-corrected chi connectivity index (χ4v) is 3.48. The third-order valence-corrected chi connectivity index (χ3v) is 5.21. The molecule has 1 aliphatic heterocycles. The third kappa shape index (κ3) is 5.17. The van der Waals surface area contributed by atoms with E-state index in [1.54, 1.807) is 18.2 Å². The van der Waals surface area contributed by atoms with Crippen molar-refractivity contribution in [1.82, 2.24) is 4.90 Å². The molecule has 4 rings (SSSR count). The Morgan fingerprint density at radius 2 is 1.81 bits per heavy atom. The van der Waals surface area contributed by atoms with Crippen LogP contribution in [-0.2, 0) is 17.9 Å². The number of piperazine rings is 1. The van der Waals surface area contributed by atoms with Crippen molar-refractivity contribution in [2.45, 2.75) is 13.2 Å². The fraction of sp³-hybridized carbons (Fsp3) is 0.304. The lowest BCUT2D eigenvalue weighted by Gasteiger charge is -2.35. The normalized spacial score (nSPS) is 14.4. The van der Waals surface area contributed by atoms with E-state index in [4.69, 9.17) is 13.6 Å². The summed E-state index contributed by atoms with van der Waals surface area (Å²) in [4.78, 5) is 28.2. The molecule has 1 aliphatic rings. The summed E-state index contributed by atoms with van der Waals surface area (Å²) < 4.78 is 34.0. The van der Waals surface area contributed by atoms with E-state index in [1.165, 1.54) is 37.6 Å². The van der Waals surface area contributed by atoms with E-state index in [2.05, 4.69) is 14.5 Å². The van der Waals surface area contributed by atoms with Crippen molar-refractivity contribution < 1.29 is 27.5 Å². The summed E-state index contributed by atoms with van der Waals surface area (Å²) in [5, 5.41) is 0. The zero-order valence-electron chi connectivity index (χ0n) is 17.6. The second-order valence-corrected chi connectivity index (χ2v) is 7.36. The number of ether oxygens (including phenoxy) is 2. The smallest absolute Gasteiger partial charge is 0.373 e. The monoisotopic (exact) mass is 442 g/mol. The van der Waals surface area contributed by atoms with Crippen molar-refractivity contribution in [3.05, 3.63) is 82.0 Å². The van der Waals surface area contributed by atoms with Gasteiger partial charge >= 0.3 is 5.97 Å². The molecule has 0 radical (unpaired) electrons. The first-order valence-corrected chi connectivity index (χ1v) is 10.2. The van der Waals surface area contributed by atoms with Gasteiger partial charge in [-0.15, -0.1) is 0 Å². The van der Waals surface area contributed by atoms with Gasteiger partial charge in [0.25, 0.3) is 0 Å². The van der Waals surface area contributed by atoms with E-state index in [0.29, 0.717) is 18.1 Å². The number of carbonyl (C=O) groups excluding carboxylic acids is 1. The first kappa shape index (κ1) is 21.6. The standard InChI is InChI=1S/C23H23FN2O6/c1-29-23(28)21-7-6-18(32-21)14-31-22-15-30-19(12-20(22)27)13-25-8-10-26(11-9-25)17-4-2-16(24)3-5-17/h2-7,12,15H,8-11,13-14H2,1H3. The highest BCUT2D eigenvalue weighted by molar-refractivity contribution is 5.86. The van der Waals surface area contributed by atoms with E-state index in [-0.39, 0.29) is 29.4 Å². The summed E-state index contributed by atoms with van der Waals surface area (Å²) in [6, 6.07) is 11.0. The summed E-state index contributed by atoms with van der Waals surface area (Å²) in [7, 11) is 1.26. The van der Waals surface area contributed by atoms with Gasteiger partial charge in [0.1, 0.15) is 30.2 Å². The molecular formula is C23H23FN2O6. The summed E-state index contributed by atoms with van der Waals surface area (Å²) in [5.74, 6) is 0.221. The first-order valence-electron chi connectivity index (χ1n) is 10.2. The lowest BCUT2D eigenvalue weighted by atomic mass is 10.2. The largest absolute Gasteiger partial charge is 0.479 e. The molecule has 0 saturated carbocycles. The van der Waals surface area contributed by atoms with Crippen LogP contribution in [0.3, 0.4) is 0 Å². The molecule has 1 aromatic carbocycles. The van der Waals surface area contributed by atoms with Gasteiger partial charge in [-0.2, -0.15) is 0 Å². The number of methoxy groups -OCH3 is 1. The Morgan fingerprint density at radius 3 is 2.50 bits per heavy atom. The van der Waals surface area contributed by atoms with E-state index >= 15 is 0 Å². The molecule has 32 heavy (non-hydrogen) atoms. The van der Waals surface area contributed by atoms with E-state index in [1.807, 2.05) is 0 Å². The second kappa shape index (κ2) is 9.69. The number of halogens is 1. The Balaban J connectivity index is 1.29. The number of anilines is 1. The van der Waals surface area contributed by atoms with Gasteiger partial charge in [-0.05, 0) is 36.4 Å². The Labute approximate surface area is 183 Å². The first-order chi connectivity index (χ1) is 15.5. The van der Waals surface area contributed by atoms with Gasteiger partial charge in [0, 0.05) is 37.9 Å². The summed E-state index contributed by atoms with van der Waals surface area (Å²) in [6.07, 6.45) is 1.29. The van der Waals surface area contributed by atoms with Gasteiger partial charge < -0.3 is 23.2 Å². The molecule has 8 nitrogen and oxygen atoms in total. The number of carbonyl (C=O) groups is 1. The van der Waals surface area contributed by atoms with Crippen molar-refractivity contribution in [1.29, 1.82) is 0 Å². The van der Waals surface area contributed by atoms with Crippen LogP contribution in [0.2, 0.25) is 0 Å². The number of rotatable bonds is 7. The van der Waals surface area contributed by atoms with E-state index in [0.717, 1.165) is 31.9 Å². The number of furan rings is 1. The molecule has 168 valence electrons. The molecule has 0 unspecified atom stereocenters. The predicted molar refractivity (Wildman–Crippen MR) is 113 cm³/mol. The highest BCUT2D eigenvalue weighted by Crippen LogP contribution is 2.18. The Morgan fingerprint density at radius 1 is 1.06 bits per heavy atom. The van der Waals surface area contributed by atoms with Crippen molar-refractivity contribution in [3.63, 3.8) is 0 Å².